The number of thioether (sulfide) groups is 1. The molecule has 1 amide bonds. The van der Waals surface area contributed by atoms with E-state index in [9.17, 15) is 25.1 Å². The Labute approximate surface area is 119 Å². The first-order valence-electron chi connectivity index (χ1n) is 5.92. The molecular weight excluding hydrogens is 284 g/mol. The Morgan fingerprint density at radius 1 is 1.40 bits per heavy atom. The SMILES string of the molecule is CSc1ccc(C(=O)N2CC(O)C(O)C2)cc1[N+](=O)[O-]. The van der Waals surface area contributed by atoms with E-state index in [0.717, 1.165) is 0 Å². The summed E-state index contributed by atoms with van der Waals surface area (Å²) in [4.78, 5) is 24.4. The standard InChI is InChI=1S/C12H14N2O5S/c1-20-11-3-2-7(4-8(11)14(18)19)12(17)13-5-9(15)10(16)6-13/h2-4,9-10,15-16H,5-6H2,1H3. The molecule has 1 fully saturated rings. The number of hydrogen-bond donors (Lipinski definition) is 2. The highest BCUT2D eigenvalue weighted by Gasteiger charge is 2.33. The third kappa shape index (κ3) is 2.77. The predicted molar refractivity (Wildman–Crippen MR) is 72.8 cm³/mol. The highest BCUT2D eigenvalue weighted by molar-refractivity contribution is 7.98. The van der Waals surface area contributed by atoms with Crippen LogP contribution in [0.2, 0.25) is 0 Å². The smallest absolute Gasteiger partial charge is 0.283 e. The van der Waals surface area contributed by atoms with E-state index in [-0.39, 0.29) is 24.3 Å². The van der Waals surface area contributed by atoms with Crippen LogP contribution in [0.25, 0.3) is 0 Å². The van der Waals surface area contributed by atoms with Gasteiger partial charge in [-0.2, -0.15) is 0 Å². The van der Waals surface area contributed by atoms with Gasteiger partial charge in [-0.05, 0) is 18.4 Å². The molecule has 0 radical (unpaired) electrons. The average Bonchev–Trinajstić information content (AvgIpc) is 2.77. The number of nitrogens with zero attached hydrogens (tertiary/aromatic N) is 2. The molecular formula is C12H14N2O5S. The highest BCUT2D eigenvalue weighted by atomic mass is 32.2. The molecule has 7 nitrogen and oxygen atoms in total. The second-order valence-corrected chi connectivity index (χ2v) is 5.34. The molecule has 0 aromatic heterocycles. The van der Waals surface area contributed by atoms with Gasteiger partial charge in [0, 0.05) is 24.7 Å². The van der Waals surface area contributed by atoms with Crippen LogP contribution in [0.1, 0.15) is 10.4 Å². The number of likely N-dealkylation sites (tertiary alicyclic amines) is 1. The summed E-state index contributed by atoms with van der Waals surface area (Å²) in [6.45, 7) is 0.0517. The summed E-state index contributed by atoms with van der Waals surface area (Å²) in [5.74, 6) is -0.434. The Kier molecular flexibility index (Phi) is 4.26. The number of nitro groups is 1. The third-order valence-electron chi connectivity index (χ3n) is 3.17. The highest BCUT2D eigenvalue weighted by Crippen LogP contribution is 2.29. The number of carbonyl (C=O) groups is 1. The fourth-order valence-electron chi connectivity index (χ4n) is 2.08. The Bertz CT molecular complexity index is 541. The van der Waals surface area contributed by atoms with Crippen LogP contribution in [0.3, 0.4) is 0 Å². The van der Waals surface area contributed by atoms with Gasteiger partial charge < -0.3 is 15.1 Å². The summed E-state index contributed by atoms with van der Waals surface area (Å²) in [5.41, 5.74) is 0.0550. The van der Waals surface area contributed by atoms with Crippen molar-refractivity contribution in [2.24, 2.45) is 0 Å². The molecule has 1 aromatic carbocycles. The number of hydrogen-bond acceptors (Lipinski definition) is 6. The Hall–Kier alpha value is -1.64. The number of rotatable bonds is 3. The van der Waals surface area contributed by atoms with Gasteiger partial charge in [0.05, 0.1) is 22.0 Å². The average molecular weight is 298 g/mol. The number of amides is 1. The molecule has 1 aliphatic heterocycles. The van der Waals surface area contributed by atoms with Gasteiger partial charge in [0.2, 0.25) is 0 Å². The first kappa shape index (κ1) is 14.8. The molecule has 2 rings (SSSR count). The van der Waals surface area contributed by atoms with Gasteiger partial charge in [-0.3, -0.25) is 14.9 Å². The van der Waals surface area contributed by atoms with E-state index in [4.69, 9.17) is 0 Å². The second-order valence-electron chi connectivity index (χ2n) is 4.49. The maximum absolute atomic E-state index is 12.2. The van der Waals surface area contributed by atoms with Crippen molar-refractivity contribution in [3.05, 3.63) is 33.9 Å². The van der Waals surface area contributed by atoms with E-state index < -0.39 is 23.0 Å². The number of carbonyl (C=O) groups excluding carboxylic acids is 1. The largest absolute Gasteiger partial charge is 0.388 e. The van der Waals surface area contributed by atoms with Gasteiger partial charge in [-0.25, -0.2) is 0 Å². The first-order chi connectivity index (χ1) is 9.43. The normalized spacial score (nSPS) is 22.1. The molecule has 2 N–H and O–H groups in total. The predicted octanol–water partition coefficient (Wildman–Crippen LogP) is 0.494. The van der Waals surface area contributed by atoms with Gasteiger partial charge in [0.1, 0.15) is 0 Å². The molecule has 1 aromatic rings. The molecule has 1 heterocycles. The Morgan fingerprint density at radius 3 is 2.50 bits per heavy atom. The van der Waals surface area contributed by atoms with E-state index in [1.54, 1.807) is 6.26 Å². The first-order valence-corrected chi connectivity index (χ1v) is 7.14. The van der Waals surface area contributed by atoms with Crippen molar-refractivity contribution in [3.63, 3.8) is 0 Å². The molecule has 108 valence electrons. The summed E-state index contributed by atoms with van der Waals surface area (Å²) in [7, 11) is 0. The fourth-order valence-corrected chi connectivity index (χ4v) is 2.63. The molecule has 0 bridgehead atoms. The van der Waals surface area contributed by atoms with E-state index in [2.05, 4.69) is 0 Å². The minimum absolute atomic E-state index is 0.0259. The molecule has 0 saturated carbocycles. The minimum atomic E-state index is -0.973. The molecule has 0 aliphatic carbocycles. The lowest BCUT2D eigenvalue weighted by Gasteiger charge is -2.15. The molecule has 1 saturated heterocycles. The fraction of sp³-hybridized carbons (Fsp3) is 0.417. The molecule has 8 heteroatoms. The van der Waals surface area contributed by atoms with Crippen LogP contribution < -0.4 is 0 Å². The third-order valence-corrected chi connectivity index (χ3v) is 3.95. The summed E-state index contributed by atoms with van der Waals surface area (Å²) in [6, 6.07) is 4.27. The van der Waals surface area contributed by atoms with Crippen molar-refractivity contribution < 1.29 is 19.9 Å². The van der Waals surface area contributed by atoms with Gasteiger partial charge in [0.25, 0.3) is 11.6 Å². The van der Waals surface area contributed by atoms with Gasteiger partial charge in [0.15, 0.2) is 0 Å². The lowest BCUT2D eigenvalue weighted by molar-refractivity contribution is -0.387. The van der Waals surface area contributed by atoms with E-state index in [1.807, 2.05) is 0 Å². The quantitative estimate of drug-likeness (QED) is 0.478. The van der Waals surface area contributed by atoms with Crippen molar-refractivity contribution in [3.8, 4) is 0 Å². The van der Waals surface area contributed by atoms with Crippen LogP contribution in [0.15, 0.2) is 23.1 Å². The number of aliphatic hydroxyl groups is 2. The minimum Gasteiger partial charge on any atom is -0.388 e. The van der Waals surface area contributed by atoms with Crippen LogP contribution in [0.5, 0.6) is 0 Å². The molecule has 0 spiro atoms. The summed E-state index contributed by atoms with van der Waals surface area (Å²) in [6.07, 6.45) is -0.226. The molecule has 2 atom stereocenters. The second kappa shape index (κ2) is 5.78. The van der Waals surface area contributed by atoms with Gasteiger partial charge in [-0.1, -0.05) is 0 Å². The number of aliphatic hydroxyl groups excluding tert-OH is 2. The summed E-state index contributed by atoms with van der Waals surface area (Å²) < 4.78 is 0. The van der Waals surface area contributed by atoms with Crippen molar-refractivity contribution in [2.45, 2.75) is 17.1 Å². The van der Waals surface area contributed by atoms with E-state index in [0.29, 0.717) is 4.90 Å². The number of nitro benzene ring substituents is 1. The van der Waals surface area contributed by atoms with Crippen LogP contribution in [-0.4, -0.2) is 57.5 Å². The Morgan fingerprint density at radius 2 is 2.00 bits per heavy atom. The Balaban J connectivity index is 2.27. The zero-order valence-electron chi connectivity index (χ0n) is 10.7. The maximum Gasteiger partial charge on any atom is 0.283 e. The zero-order valence-corrected chi connectivity index (χ0v) is 11.5. The van der Waals surface area contributed by atoms with Crippen molar-refractivity contribution >= 4 is 23.4 Å². The maximum atomic E-state index is 12.2. The lowest BCUT2D eigenvalue weighted by atomic mass is 10.2. The van der Waals surface area contributed by atoms with Crippen LogP contribution >= 0.6 is 11.8 Å². The summed E-state index contributed by atoms with van der Waals surface area (Å²) >= 11 is 1.23. The molecule has 2 unspecified atom stereocenters. The monoisotopic (exact) mass is 298 g/mol. The molecule has 1 aliphatic rings. The lowest BCUT2D eigenvalue weighted by Crippen LogP contribution is -2.29. The van der Waals surface area contributed by atoms with Crippen molar-refractivity contribution in [2.75, 3.05) is 19.3 Å². The topological polar surface area (TPSA) is 104 Å². The van der Waals surface area contributed by atoms with Gasteiger partial charge >= 0.3 is 0 Å². The van der Waals surface area contributed by atoms with Crippen LogP contribution in [0.4, 0.5) is 5.69 Å². The number of benzene rings is 1. The van der Waals surface area contributed by atoms with Gasteiger partial charge in [-0.15, -0.1) is 11.8 Å². The van der Waals surface area contributed by atoms with E-state index in [1.165, 1.54) is 34.9 Å². The number of β-amino-alcohol motifs (C(OH)–C–C–N with tert-alkyl or cyclic N) is 2. The van der Waals surface area contributed by atoms with Crippen molar-refractivity contribution in [1.29, 1.82) is 0 Å². The van der Waals surface area contributed by atoms with Crippen LogP contribution in [0, 0.1) is 10.1 Å². The zero-order chi connectivity index (χ0) is 14.9. The van der Waals surface area contributed by atoms with E-state index >= 15 is 0 Å². The molecule has 20 heavy (non-hydrogen) atoms. The summed E-state index contributed by atoms with van der Waals surface area (Å²) in [5, 5.41) is 29.8. The van der Waals surface area contributed by atoms with Crippen molar-refractivity contribution in [1.82, 2.24) is 4.90 Å². The van der Waals surface area contributed by atoms with Crippen LogP contribution in [-0.2, 0) is 0 Å².